The smallest absolute Gasteiger partial charge is 0.137 e. The van der Waals surface area contributed by atoms with Gasteiger partial charge in [0.05, 0.1) is 11.0 Å². The number of hydrogen-bond donors (Lipinski definition) is 0. The second-order valence-corrected chi connectivity index (χ2v) is 6.42. The van der Waals surface area contributed by atoms with Gasteiger partial charge in [-0.25, -0.2) is 4.98 Å². The Labute approximate surface area is 132 Å². The molecule has 4 aromatic rings. The Morgan fingerprint density at radius 3 is 2.45 bits per heavy atom. The molecule has 0 aliphatic carbocycles. The third kappa shape index (κ3) is 1.95. The van der Waals surface area contributed by atoms with Gasteiger partial charge in [0.25, 0.3) is 0 Å². The molecule has 0 saturated carbocycles. The summed E-state index contributed by atoms with van der Waals surface area (Å²) in [5, 5.41) is 3.73. The van der Waals surface area contributed by atoms with E-state index in [1.807, 2.05) is 6.20 Å². The zero-order valence-electron chi connectivity index (χ0n) is 12.7. The molecule has 0 fully saturated rings. The summed E-state index contributed by atoms with van der Waals surface area (Å²) in [4.78, 5) is 4.66. The van der Waals surface area contributed by atoms with Crippen LogP contribution >= 0.6 is 9.24 Å². The number of benzene rings is 2. The van der Waals surface area contributed by atoms with Gasteiger partial charge < -0.3 is 0 Å². The molecule has 1 unspecified atom stereocenters. The van der Waals surface area contributed by atoms with Crippen molar-refractivity contribution in [3.8, 4) is 5.82 Å². The number of pyridine rings is 1. The van der Waals surface area contributed by atoms with Crippen LogP contribution in [0.2, 0.25) is 0 Å². The van der Waals surface area contributed by atoms with Gasteiger partial charge in [0.15, 0.2) is 0 Å². The van der Waals surface area contributed by atoms with E-state index in [2.05, 4.69) is 81.2 Å². The van der Waals surface area contributed by atoms with Crippen molar-refractivity contribution >= 4 is 36.4 Å². The van der Waals surface area contributed by atoms with Crippen molar-refractivity contribution < 1.29 is 0 Å². The molecule has 0 aliphatic rings. The lowest BCUT2D eigenvalue weighted by molar-refractivity contribution is 1.06. The molecular formula is C19H17N2P. The van der Waals surface area contributed by atoms with Crippen LogP contribution in [-0.2, 0) is 0 Å². The first-order valence-electron chi connectivity index (χ1n) is 7.37. The van der Waals surface area contributed by atoms with Gasteiger partial charge in [-0.1, -0.05) is 24.3 Å². The van der Waals surface area contributed by atoms with Gasteiger partial charge in [-0.05, 0) is 54.5 Å². The van der Waals surface area contributed by atoms with Gasteiger partial charge in [0.2, 0.25) is 0 Å². The number of aryl methyl sites for hydroxylation is 2. The van der Waals surface area contributed by atoms with Crippen molar-refractivity contribution in [3.05, 3.63) is 65.9 Å². The minimum Gasteiger partial charge on any atom is -0.294 e. The Kier molecular flexibility index (Phi) is 3.02. The van der Waals surface area contributed by atoms with Gasteiger partial charge in [-0.3, -0.25) is 4.57 Å². The maximum absolute atomic E-state index is 4.66. The Morgan fingerprint density at radius 1 is 0.864 bits per heavy atom. The van der Waals surface area contributed by atoms with Crippen molar-refractivity contribution in [2.45, 2.75) is 13.8 Å². The van der Waals surface area contributed by atoms with Gasteiger partial charge in [0.1, 0.15) is 5.82 Å². The Hall–Kier alpha value is -2.18. The molecular weight excluding hydrogens is 287 g/mol. The van der Waals surface area contributed by atoms with Gasteiger partial charge in [-0.2, -0.15) is 0 Å². The first-order valence-corrected chi connectivity index (χ1v) is 7.95. The molecule has 0 spiro atoms. The number of hydrogen-bond acceptors (Lipinski definition) is 1. The predicted octanol–water partition coefficient (Wildman–Crippen LogP) is 4.30. The van der Waals surface area contributed by atoms with Crippen molar-refractivity contribution in [2.24, 2.45) is 0 Å². The summed E-state index contributed by atoms with van der Waals surface area (Å²) in [6, 6.07) is 17.2. The fourth-order valence-corrected chi connectivity index (χ4v) is 3.23. The van der Waals surface area contributed by atoms with E-state index in [4.69, 9.17) is 0 Å². The van der Waals surface area contributed by atoms with Crippen LogP contribution in [0.5, 0.6) is 0 Å². The highest BCUT2D eigenvalue weighted by Gasteiger charge is 2.12. The molecule has 22 heavy (non-hydrogen) atoms. The topological polar surface area (TPSA) is 17.8 Å². The molecule has 0 amide bonds. The zero-order chi connectivity index (χ0) is 15.3. The Bertz CT molecular complexity index is 1010. The third-order valence-corrected chi connectivity index (χ3v) is 4.64. The van der Waals surface area contributed by atoms with Crippen LogP contribution in [0, 0.1) is 13.8 Å². The number of para-hydroxylation sites is 1. The Balaban J connectivity index is 2.17. The summed E-state index contributed by atoms with van der Waals surface area (Å²) in [5.74, 6) is 0.978. The van der Waals surface area contributed by atoms with Gasteiger partial charge >= 0.3 is 0 Å². The quantitative estimate of drug-likeness (QED) is 0.480. The van der Waals surface area contributed by atoms with E-state index in [1.165, 1.54) is 38.2 Å². The van der Waals surface area contributed by atoms with Crippen molar-refractivity contribution in [1.29, 1.82) is 0 Å². The number of fused-ring (bicyclic) bond motifs is 3. The lowest BCUT2D eigenvalue weighted by atomic mass is 10.1. The van der Waals surface area contributed by atoms with Crippen LogP contribution in [0.4, 0.5) is 0 Å². The van der Waals surface area contributed by atoms with E-state index < -0.39 is 0 Å². The maximum atomic E-state index is 4.66. The monoisotopic (exact) mass is 304 g/mol. The number of rotatable bonds is 1. The van der Waals surface area contributed by atoms with Crippen LogP contribution in [-0.4, -0.2) is 9.55 Å². The van der Waals surface area contributed by atoms with Crippen LogP contribution in [0.1, 0.15) is 11.1 Å². The molecule has 2 heterocycles. The molecule has 0 bridgehead atoms. The molecule has 2 aromatic heterocycles. The van der Waals surface area contributed by atoms with E-state index >= 15 is 0 Å². The molecule has 2 aromatic carbocycles. The fourth-order valence-electron chi connectivity index (χ4n) is 2.97. The molecule has 2 nitrogen and oxygen atoms in total. The lowest BCUT2D eigenvalue weighted by Crippen LogP contribution is -1.99. The van der Waals surface area contributed by atoms with Crippen molar-refractivity contribution in [3.63, 3.8) is 0 Å². The summed E-state index contributed by atoms with van der Waals surface area (Å²) in [7, 11) is 2.78. The van der Waals surface area contributed by atoms with E-state index in [-0.39, 0.29) is 0 Å². The van der Waals surface area contributed by atoms with Crippen LogP contribution in [0.25, 0.3) is 27.6 Å². The highest BCUT2D eigenvalue weighted by atomic mass is 31.0. The molecule has 108 valence electrons. The first-order chi connectivity index (χ1) is 10.6. The lowest BCUT2D eigenvalue weighted by Gasteiger charge is -2.09. The number of aromatic nitrogens is 2. The summed E-state index contributed by atoms with van der Waals surface area (Å²) in [6.07, 6.45) is 1.95. The fraction of sp³-hybridized carbons (Fsp3) is 0.105. The van der Waals surface area contributed by atoms with Crippen LogP contribution in [0.3, 0.4) is 0 Å². The largest absolute Gasteiger partial charge is 0.294 e. The highest BCUT2D eigenvalue weighted by Crippen LogP contribution is 2.31. The van der Waals surface area contributed by atoms with Gasteiger partial charge in [0, 0.05) is 17.0 Å². The summed E-state index contributed by atoms with van der Waals surface area (Å²) in [6.45, 7) is 4.23. The highest BCUT2D eigenvalue weighted by molar-refractivity contribution is 7.27. The molecule has 0 radical (unpaired) electrons. The predicted molar refractivity (Wildman–Crippen MR) is 97.4 cm³/mol. The SMILES string of the molecule is Cc1cnc(-n2c3ccccc3c3cc(P)ccc32)cc1C. The maximum Gasteiger partial charge on any atom is 0.137 e. The molecule has 0 aliphatic heterocycles. The first kappa shape index (κ1) is 13.5. The second-order valence-electron chi connectivity index (χ2n) is 5.76. The normalized spacial score (nSPS) is 11.4. The van der Waals surface area contributed by atoms with E-state index in [0.717, 1.165) is 5.82 Å². The average molecular weight is 304 g/mol. The van der Waals surface area contributed by atoms with Crippen LogP contribution < -0.4 is 5.30 Å². The molecule has 0 saturated heterocycles. The van der Waals surface area contributed by atoms with Gasteiger partial charge in [-0.15, -0.1) is 9.24 Å². The molecule has 1 atom stereocenters. The van der Waals surface area contributed by atoms with Crippen LogP contribution in [0.15, 0.2) is 54.7 Å². The Morgan fingerprint density at radius 2 is 1.64 bits per heavy atom. The molecule has 3 heteroatoms. The van der Waals surface area contributed by atoms with E-state index in [0.29, 0.717) is 0 Å². The summed E-state index contributed by atoms with van der Waals surface area (Å²) < 4.78 is 2.25. The number of nitrogens with zero attached hydrogens (tertiary/aromatic N) is 2. The van der Waals surface area contributed by atoms with Crippen molar-refractivity contribution in [1.82, 2.24) is 9.55 Å². The van der Waals surface area contributed by atoms with E-state index in [9.17, 15) is 0 Å². The standard InChI is InChI=1S/C19H17N2P/c1-12-9-19(20-11-13(12)2)21-17-6-4-3-5-15(17)16-10-14(22)7-8-18(16)21/h3-11H,22H2,1-2H3. The third-order valence-electron chi connectivity index (χ3n) is 4.28. The van der Waals surface area contributed by atoms with E-state index in [1.54, 1.807) is 0 Å². The summed E-state index contributed by atoms with van der Waals surface area (Å²) in [5.41, 5.74) is 4.88. The molecule has 0 N–H and O–H groups in total. The minimum atomic E-state index is 0.978. The minimum absolute atomic E-state index is 0.978. The molecule has 4 rings (SSSR count). The average Bonchev–Trinajstić information content (AvgIpc) is 2.84. The summed E-state index contributed by atoms with van der Waals surface area (Å²) >= 11 is 0. The zero-order valence-corrected chi connectivity index (χ0v) is 13.8. The second kappa shape index (κ2) is 4.93. The van der Waals surface area contributed by atoms with Crippen molar-refractivity contribution in [2.75, 3.05) is 0 Å².